The van der Waals surface area contributed by atoms with Crippen molar-refractivity contribution in [1.29, 1.82) is 0 Å². The number of hydrogen-bond acceptors (Lipinski definition) is 5. The largest absolute Gasteiger partial charge is 0.481 e. The molecule has 5 nitrogen and oxygen atoms in total. The smallest absolute Gasteiger partial charge is 0.327 e. The van der Waals surface area contributed by atoms with Gasteiger partial charge in [-0.15, -0.1) is 12.6 Å². The Morgan fingerprint density at radius 2 is 2.17 bits per heavy atom. The van der Waals surface area contributed by atoms with E-state index in [0.29, 0.717) is 23.6 Å². The number of rotatable bonds is 5. The summed E-state index contributed by atoms with van der Waals surface area (Å²) in [6.07, 6.45) is 2.28. The second-order valence-electron chi connectivity index (χ2n) is 5.26. The normalized spacial score (nSPS) is 19.8. The summed E-state index contributed by atoms with van der Waals surface area (Å²) in [6, 6.07) is 5.80. The molecule has 7 heteroatoms. The lowest BCUT2D eigenvalue weighted by atomic mass is 9.98. The van der Waals surface area contributed by atoms with Crippen molar-refractivity contribution in [2.45, 2.75) is 24.9 Å². The van der Waals surface area contributed by atoms with E-state index in [2.05, 4.69) is 12.6 Å². The van der Waals surface area contributed by atoms with Crippen molar-refractivity contribution in [3.8, 4) is 0 Å². The maximum absolute atomic E-state index is 12.4. The number of thiol groups is 1. The van der Waals surface area contributed by atoms with E-state index in [9.17, 15) is 9.59 Å². The van der Waals surface area contributed by atoms with Crippen LogP contribution in [0.1, 0.15) is 24.4 Å². The van der Waals surface area contributed by atoms with Crippen LogP contribution < -0.4 is 0 Å². The number of ether oxygens (including phenoxy) is 1. The highest BCUT2D eigenvalue weighted by Gasteiger charge is 2.36. The first kappa shape index (κ1) is 17.8. The van der Waals surface area contributed by atoms with Crippen LogP contribution in [0.15, 0.2) is 35.2 Å². The summed E-state index contributed by atoms with van der Waals surface area (Å²) in [5.74, 6) is -1.41. The molecule has 0 saturated heterocycles. The molecule has 0 spiro atoms. The number of nitrogens with zero attached hydrogens (tertiary/aromatic N) is 1. The van der Waals surface area contributed by atoms with Crippen LogP contribution >= 0.6 is 24.2 Å². The number of aliphatic carboxylic acids is 1. The lowest BCUT2D eigenvalue weighted by Gasteiger charge is -2.38. The number of halogens is 1. The molecule has 0 bridgehead atoms. The summed E-state index contributed by atoms with van der Waals surface area (Å²) >= 11 is 10.6. The Bertz CT molecular complexity index is 634. The van der Waals surface area contributed by atoms with Crippen molar-refractivity contribution in [2.75, 3.05) is 13.7 Å². The maximum atomic E-state index is 12.4. The Morgan fingerprint density at radius 1 is 1.48 bits per heavy atom. The van der Waals surface area contributed by atoms with Crippen LogP contribution in [0.3, 0.4) is 0 Å². The zero-order valence-electron chi connectivity index (χ0n) is 12.6. The van der Waals surface area contributed by atoms with Gasteiger partial charge in [-0.2, -0.15) is 0 Å². The van der Waals surface area contributed by atoms with Gasteiger partial charge in [0.15, 0.2) is 0 Å². The van der Waals surface area contributed by atoms with E-state index < -0.39 is 24.0 Å². The fourth-order valence-corrected chi connectivity index (χ4v) is 3.25. The second kappa shape index (κ2) is 7.86. The summed E-state index contributed by atoms with van der Waals surface area (Å²) < 4.78 is 4.93. The summed E-state index contributed by atoms with van der Waals surface area (Å²) in [4.78, 5) is 26.2. The van der Waals surface area contributed by atoms with E-state index in [1.54, 1.807) is 35.2 Å². The van der Waals surface area contributed by atoms with Crippen molar-refractivity contribution >= 4 is 36.2 Å². The Morgan fingerprint density at radius 3 is 2.78 bits per heavy atom. The molecule has 2 atom stereocenters. The van der Waals surface area contributed by atoms with Gasteiger partial charge in [-0.25, -0.2) is 4.79 Å². The number of carboxylic acids is 1. The number of benzene rings is 1. The van der Waals surface area contributed by atoms with Gasteiger partial charge < -0.3 is 9.84 Å². The molecule has 1 aliphatic rings. The minimum Gasteiger partial charge on any atom is -0.481 e. The predicted molar refractivity (Wildman–Crippen MR) is 90.6 cm³/mol. The summed E-state index contributed by atoms with van der Waals surface area (Å²) in [7, 11) is 1.31. The fourth-order valence-electron chi connectivity index (χ4n) is 2.74. The van der Waals surface area contributed by atoms with Gasteiger partial charge >= 0.3 is 11.9 Å². The topological polar surface area (TPSA) is 66.8 Å². The van der Waals surface area contributed by atoms with E-state index in [1.807, 2.05) is 0 Å². The minimum absolute atomic E-state index is 0.123. The number of methoxy groups -OCH3 is 1. The first-order chi connectivity index (χ1) is 10.9. The van der Waals surface area contributed by atoms with Crippen molar-refractivity contribution < 1.29 is 19.4 Å². The van der Waals surface area contributed by atoms with Gasteiger partial charge in [0.25, 0.3) is 0 Å². The van der Waals surface area contributed by atoms with Crippen LogP contribution in [0.25, 0.3) is 0 Å². The van der Waals surface area contributed by atoms with Gasteiger partial charge in [0.1, 0.15) is 6.04 Å². The van der Waals surface area contributed by atoms with E-state index in [0.717, 1.165) is 4.91 Å². The van der Waals surface area contributed by atoms with Gasteiger partial charge in [-0.05, 0) is 23.0 Å². The number of carbonyl (C=O) groups is 2. The fraction of sp³-hybridized carbons (Fsp3) is 0.375. The Balaban J connectivity index is 2.43. The lowest BCUT2D eigenvalue weighted by Crippen LogP contribution is -2.45. The molecule has 0 saturated carbocycles. The molecule has 0 amide bonds. The standard InChI is InChI=1S/C16H18ClNO4S/c1-22-16(21)15(12-4-2-3-5-13(12)17)18-7-6-11(23)8-10(18)9-14(19)20/h2-5,8,10,15,23H,6-7,9H2,1H3,(H,19,20). The molecule has 1 heterocycles. The van der Waals surface area contributed by atoms with Gasteiger partial charge in [0, 0.05) is 17.6 Å². The van der Waals surface area contributed by atoms with E-state index >= 15 is 0 Å². The Hall–Kier alpha value is -1.50. The highest BCUT2D eigenvalue weighted by Crippen LogP contribution is 2.34. The van der Waals surface area contributed by atoms with Gasteiger partial charge in [0.2, 0.25) is 0 Å². The van der Waals surface area contributed by atoms with E-state index in [4.69, 9.17) is 21.4 Å². The number of carboxylic acid groups (broad SMARTS) is 1. The third-order valence-corrected chi connectivity index (χ3v) is 4.49. The van der Waals surface area contributed by atoms with Gasteiger partial charge in [0.05, 0.1) is 13.5 Å². The zero-order valence-corrected chi connectivity index (χ0v) is 14.3. The average molecular weight is 356 g/mol. The third-order valence-electron chi connectivity index (χ3n) is 3.78. The molecule has 0 aliphatic carbocycles. The molecule has 2 unspecified atom stereocenters. The van der Waals surface area contributed by atoms with Gasteiger partial charge in [-0.1, -0.05) is 35.9 Å². The molecule has 124 valence electrons. The molecule has 0 radical (unpaired) electrons. The molecular weight excluding hydrogens is 338 g/mol. The van der Waals surface area contributed by atoms with Crippen LogP contribution in [0.5, 0.6) is 0 Å². The third kappa shape index (κ3) is 4.28. The molecule has 2 rings (SSSR count). The quantitative estimate of drug-likeness (QED) is 0.628. The average Bonchev–Trinajstić information content (AvgIpc) is 2.50. The summed E-state index contributed by atoms with van der Waals surface area (Å²) in [5, 5.41) is 9.59. The van der Waals surface area contributed by atoms with Crippen molar-refractivity contribution in [3.05, 3.63) is 45.8 Å². The van der Waals surface area contributed by atoms with E-state index in [-0.39, 0.29) is 6.42 Å². The Labute approximate surface area is 145 Å². The van der Waals surface area contributed by atoms with Crippen molar-refractivity contribution in [3.63, 3.8) is 0 Å². The molecule has 0 fully saturated rings. The molecule has 1 N–H and O–H groups in total. The van der Waals surface area contributed by atoms with E-state index in [1.165, 1.54) is 7.11 Å². The van der Waals surface area contributed by atoms with Crippen LogP contribution in [0, 0.1) is 0 Å². The van der Waals surface area contributed by atoms with Gasteiger partial charge in [-0.3, -0.25) is 9.69 Å². The monoisotopic (exact) mass is 355 g/mol. The minimum atomic E-state index is -0.943. The highest BCUT2D eigenvalue weighted by molar-refractivity contribution is 7.84. The summed E-state index contributed by atoms with van der Waals surface area (Å²) in [5.41, 5.74) is 0.604. The molecule has 0 aromatic heterocycles. The summed E-state index contributed by atoms with van der Waals surface area (Å²) in [6.45, 7) is 0.498. The Kier molecular flexibility index (Phi) is 6.10. The molecule has 1 aromatic carbocycles. The molecule has 23 heavy (non-hydrogen) atoms. The van der Waals surface area contributed by atoms with Crippen LogP contribution in [0.2, 0.25) is 5.02 Å². The zero-order chi connectivity index (χ0) is 17.0. The second-order valence-corrected chi connectivity index (χ2v) is 6.24. The lowest BCUT2D eigenvalue weighted by molar-refractivity contribution is -0.149. The van der Waals surface area contributed by atoms with Crippen LogP contribution in [0.4, 0.5) is 0 Å². The maximum Gasteiger partial charge on any atom is 0.327 e. The van der Waals surface area contributed by atoms with Crippen molar-refractivity contribution in [1.82, 2.24) is 4.90 Å². The first-order valence-electron chi connectivity index (χ1n) is 7.13. The number of esters is 1. The highest BCUT2D eigenvalue weighted by atomic mass is 35.5. The first-order valence-corrected chi connectivity index (χ1v) is 7.96. The molecule has 1 aliphatic heterocycles. The number of hydrogen-bond donors (Lipinski definition) is 2. The number of carbonyl (C=O) groups excluding carboxylic acids is 1. The van der Waals surface area contributed by atoms with Crippen LogP contribution in [-0.2, 0) is 14.3 Å². The van der Waals surface area contributed by atoms with Crippen molar-refractivity contribution in [2.24, 2.45) is 0 Å². The van der Waals surface area contributed by atoms with Crippen LogP contribution in [-0.4, -0.2) is 41.6 Å². The molecular formula is C16H18ClNO4S. The SMILES string of the molecule is COC(=O)C(c1ccccc1Cl)N1CCC(S)=CC1CC(=O)O. The molecule has 1 aromatic rings. The predicted octanol–water partition coefficient (Wildman–Crippen LogP) is 2.92.